The first-order valence-electron chi connectivity index (χ1n) is 6.55. The Morgan fingerprint density at radius 3 is 2.68 bits per heavy atom. The lowest BCUT2D eigenvalue weighted by atomic mass is 10.0. The molecule has 0 aromatic heterocycles. The molecule has 1 saturated carbocycles. The fourth-order valence-corrected chi connectivity index (χ4v) is 3.23. The van der Waals surface area contributed by atoms with Crippen LogP contribution in [0, 0.1) is 5.92 Å². The summed E-state index contributed by atoms with van der Waals surface area (Å²) in [4.78, 5) is 0. The van der Waals surface area contributed by atoms with Crippen LogP contribution in [0.1, 0.15) is 38.2 Å². The summed E-state index contributed by atoms with van der Waals surface area (Å²) in [5, 5.41) is 3.26. The molecule has 2 unspecified atom stereocenters. The molecule has 0 bridgehead atoms. The van der Waals surface area contributed by atoms with Gasteiger partial charge >= 0.3 is 6.18 Å². The molecular formula is C14H17BrF3N. The normalized spacial score (nSPS) is 23.6. The van der Waals surface area contributed by atoms with Crippen molar-refractivity contribution in [3.8, 4) is 0 Å². The van der Waals surface area contributed by atoms with Crippen LogP contribution in [-0.2, 0) is 6.18 Å². The van der Waals surface area contributed by atoms with Crippen molar-refractivity contribution in [1.82, 2.24) is 0 Å². The SMILES string of the molecule is CCC1CCCC1Nc1ccc(Br)c(C(F)(F)F)c1. The third-order valence-corrected chi connectivity index (χ3v) is 4.50. The molecule has 1 nitrogen and oxygen atoms in total. The van der Waals surface area contributed by atoms with E-state index in [1.807, 2.05) is 0 Å². The zero-order valence-corrected chi connectivity index (χ0v) is 12.3. The van der Waals surface area contributed by atoms with Gasteiger partial charge in [-0.2, -0.15) is 13.2 Å². The van der Waals surface area contributed by atoms with E-state index in [2.05, 4.69) is 28.2 Å². The van der Waals surface area contributed by atoms with Crippen molar-refractivity contribution < 1.29 is 13.2 Å². The highest BCUT2D eigenvalue weighted by Gasteiger charge is 2.33. The Morgan fingerprint density at radius 1 is 1.32 bits per heavy atom. The van der Waals surface area contributed by atoms with E-state index in [-0.39, 0.29) is 4.47 Å². The molecule has 2 rings (SSSR count). The minimum Gasteiger partial charge on any atom is -0.382 e. The van der Waals surface area contributed by atoms with Gasteiger partial charge in [0.2, 0.25) is 0 Å². The molecule has 0 heterocycles. The Balaban J connectivity index is 2.17. The van der Waals surface area contributed by atoms with Crippen LogP contribution in [0.2, 0.25) is 0 Å². The van der Waals surface area contributed by atoms with Crippen LogP contribution in [0.3, 0.4) is 0 Å². The van der Waals surface area contributed by atoms with Gasteiger partial charge in [-0.15, -0.1) is 0 Å². The molecule has 0 aliphatic heterocycles. The van der Waals surface area contributed by atoms with Gasteiger partial charge < -0.3 is 5.32 Å². The van der Waals surface area contributed by atoms with Gasteiger partial charge in [0.25, 0.3) is 0 Å². The van der Waals surface area contributed by atoms with Crippen molar-refractivity contribution in [2.75, 3.05) is 5.32 Å². The average Bonchev–Trinajstić information content (AvgIpc) is 2.77. The van der Waals surface area contributed by atoms with Crippen LogP contribution in [0.25, 0.3) is 0 Å². The number of halogens is 4. The Labute approximate surface area is 119 Å². The largest absolute Gasteiger partial charge is 0.417 e. The Morgan fingerprint density at radius 2 is 2.05 bits per heavy atom. The van der Waals surface area contributed by atoms with Crippen LogP contribution >= 0.6 is 15.9 Å². The number of rotatable bonds is 3. The van der Waals surface area contributed by atoms with E-state index in [1.54, 1.807) is 6.07 Å². The zero-order chi connectivity index (χ0) is 14.0. The van der Waals surface area contributed by atoms with Gasteiger partial charge in [0.1, 0.15) is 0 Å². The molecule has 1 fully saturated rings. The highest BCUT2D eigenvalue weighted by Crippen LogP contribution is 2.37. The van der Waals surface area contributed by atoms with Crippen LogP contribution in [0.4, 0.5) is 18.9 Å². The van der Waals surface area contributed by atoms with E-state index in [4.69, 9.17) is 0 Å². The van der Waals surface area contributed by atoms with Crippen LogP contribution in [-0.4, -0.2) is 6.04 Å². The van der Waals surface area contributed by atoms with E-state index in [1.165, 1.54) is 12.1 Å². The van der Waals surface area contributed by atoms with Crippen molar-refractivity contribution in [2.24, 2.45) is 5.92 Å². The first-order chi connectivity index (χ1) is 8.91. The minimum atomic E-state index is -4.32. The predicted octanol–water partition coefficient (Wildman–Crippen LogP) is 5.46. The average molecular weight is 336 g/mol. The van der Waals surface area contributed by atoms with Crippen LogP contribution < -0.4 is 5.32 Å². The second-order valence-corrected chi connectivity index (χ2v) is 5.90. The zero-order valence-electron chi connectivity index (χ0n) is 10.7. The van der Waals surface area contributed by atoms with Crippen molar-refractivity contribution in [3.63, 3.8) is 0 Å². The molecule has 1 aromatic carbocycles. The number of hydrogen-bond donors (Lipinski definition) is 1. The number of hydrogen-bond acceptors (Lipinski definition) is 1. The maximum absolute atomic E-state index is 12.8. The number of benzene rings is 1. The van der Waals surface area contributed by atoms with Crippen molar-refractivity contribution in [3.05, 3.63) is 28.2 Å². The maximum Gasteiger partial charge on any atom is 0.417 e. The van der Waals surface area contributed by atoms with Crippen molar-refractivity contribution in [2.45, 2.75) is 44.8 Å². The third-order valence-electron chi connectivity index (χ3n) is 3.81. The Kier molecular flexibility index (Phi) is 4.43. The first kappa shape index (κ1) is 14.7. The van der Waals surface area contributed by atoms with Gasteiger partial charge in [-0.1, -0.05) is 35.7 Å². The van der Waals surface area contributed by atoms with Crippen LogP contribution in [0.5, 0.6) is 0 Å². The van der Waals surface area contributed by atoms with E-state index in [0.717, 1.165) is 25.7 Å². The molecule has 5 heteroatoms. The van der Waals surface area contributed by atoms with Gasteiger partial charge in [-0.25, -0.2) is 0 Å². The summed E-state index contributed by atoms with van der Waals surface area (Å²) in [6.07, 6.45) is 0.0995. The lowest BCUT2D eigenvalue weighted by molar-refractivity contribution is -0.138. The summed E-state index contributed by atoms with van der Waals surface area (Å²) in [6, 6.07) is 4.65. The Hall–Kier alpha value is -0.710. The third kappa shape index (κ3) is 3.44. The number of anilines is 1. The molecule has 1 N–H and O–H groups in total. The van der Waals surface area contributed by atoms with Gasteiger partial charge in [-0.05, 0) is 37.0 Å². The first-order valence-corrected chi connectivity index (χ1v) is 7.34. The van der Waals surface area contributed by atoms with E-state index in [9.17, 15) is 13.2 Å². The van der Waals surface area contributed by atoms with Crippen molar-refractivity contribution >= 4 is 21.6 Å². The fraction of sp³-hybridized carbons (Fsp3) is 0.571. The van der Waals surface area contributed by atoms with Crippen LogP contribution in [0.15, 0.2) is 22.7 Å². The summed E-state index contributed by atoms with van der Waals surface area (Å²) in [7, 11) is 0. The highest BCUT2D eigenvalue weighted by atomic mass is 79.9. The molecule has 0 spiro atoms. The van der Waals surface area contributed by atoms with Gasteiger partial charge in [0.05, 0.1) is 5.56 Å². The number of alkyl halides is 3. The molecule has 1 aliphatic rings. The molecule has 1 aromatic rings. The number of nitrogens with one attached hydrogen (secondary N) is 1. The van der Waals surface area contributed by atoms with Gasteiger partial charge in [0, 0.05) is 16.2 Å². The summed E-state index contributed by atoms with van der Waals surface area (Å²) in [6.45, 7) is 2.13. The lowest BCUT2D eigenvalue weighted by Crippen LogP contribution is -2.23. The predicted molar refractivity (Wildman–Crippen MR) is 74.2 cm³/mol. The molecule has 0 saturated heterocycles. The second-order valence-electron chi connectivity index (χ2n) is 5.04. The molecule has 106 valence electrons. The summed E-state index contributed by atoms with van der Waals surface area (Å²) in [5.41, 5.74) is -0.0654. The van der Waals surface area contributed by atoms with E-state index in [0.29, 0.717) is 17.6 Å². The molecule has 1 aliphatic carbocycles. The van der Waals surface area contributed by atoms with Gasteiger partial charge in [0.15, 0.2) is 0 Å². The van der Waals surface area contributed by atoms with Crippen molar-refractivity contribution in [1.29, 1.82) is 0 Å². The minimum absolute atomic E-state index is 0.0870. The smallest absolute Gasteiger partial charge is 0.382 e. The molecule has 19 heavy (non-hydrogen) atoms. The summed E-state index contributed by atoms with van der Waals surface area (Å²) < 4.78 is 38.6. The fourth-order valence-electron chi connectivity index (χ4n) is 2.76. The summed E-state index contributed by atoms with van der Waals surface area (Å²) >= 11 is 2.96. The molecule has 2 atom stereocenters. The van der Waals surface area contributed by atoms with E-state index >= 15 is 0 Å². The standard InChI is InChI=1S/C14H17BrF3N/c1-2-9-4-3-5-13(9)19-10-6-7-12(15)11(8-10)14(16,17)18/h6-9,13,19H,2-5H2,1H3. The Bertz CT molecular complexity index is 445. The highest BCUT2D eigenvalue weighted by molar-refractivity contribution is 9.10. The lowest BCUT2D eigenvalue weighted by Gasteiger charge is -2.21. The quantitative estimate of drug-likeness (QED) is 0.773. The molecular weight excluding hydrogens is 319 g/mol. The molecule has 0 amide bonds. The van der Waals surface area contributed by atoms with Gasteiger partial charge in [-0.3, -0.25) is 0 Å². The van der Waals surface area contributed by atoms with E-state index < -0.39 is 11.7 Å². The summed E-state index contributed by atoms with van der Waals surface area (Å²) in [5.74, 6) is 0.568. The topological polar surface area (TPSA) is 12.0 Å². The maximum atomic E-state index is 12.8. The monoisotopic (exact) mass is 335 g/mol. The second kappa shape index (κ2) is 5.73. The molecule has 0 radical (unpaired) electrons.